The summed E-state index contributed by atoms with van der Waals surface area (Å²) < 4.78 is 27.8. The summed E-state index contributed by atoms with van der Waals surface area (Å²) in [5.41, 5.74) is 5.29. The number of benzene rings is 2. The topological polar surface area (TPSA) is 111 Å². The SMILES string of the molecule is CN(C)CCNC(=O)c1cc(C(=O)NC(=N)N)cc(-c2cc(F)ccc2F)c1.Cl.Cl. The fraction of sp³-hybridized carbons (Fsp3) is 0.211. The van der Waals surface area contributed by atoms with Gasteiger partial charge in [-0.15, -0.1) is 24.8 Å². The summed E-state index contributed by atoms with van der Waals surface area (Å²) in [5.74, 6) is -3.16. The highest BCUT2D eigenvalue weighted by Gasteiger charge is 2.16. The molecule has 0 heterocycles. The zero-order valence-corrected chi connectivity index (χ0v) is 17.9. The Labute approximate surface area is 185 Å². The molecule has 0 aliphatic carbocycles. The Morgan fingerprint density at radius 1 is 1.03 bits per heavy atom. The van der Waals surface area contributed by atoms with E-state index in [1.165, 1.54) is 18.2 Å². The normalized spacial score (nSPS) is 9.90. The molecule has 2 amide bonds. The molecule has 0 fully saturated rings. The van der Waals surface area contributed by atoms with E-state index < -0.39 is 29.4 Å². The van der Waals surface area contributed by atoms with Crippen molar-refractivity contribution in [3.8, 4) is 11.1 Å². The van der Waals surface area contributed by atoms with Crippen molar-refractivity contribution >= 4 is 42.6 Å². The van der Waals surface area contributed by atoms with Gasteiger partial charge in [0.2, 0.25) is 0 Å². The molecule has 2 aromatic carbocycles. The minimum absolute atomic E-state index is 0. The molecule has 2 aromatic rings. The van der Waals surface area contributed by atoms with Crippen molar-refractivity contribution in [1.29, 1.82) is 5.41 Å². The van der Waals surface area contributed by atoms with E-state index >= 15 is 0 Å². The van der Waals surface area contributed by atoms with E-state index in [0.29, 0.717) is 13.1 Å². The van der Waals surface area contributed by atoms with Gasteiger partial charge in [0.1, 0.15) is 11.6 Å². The fourth-order valence-corrected chi connectivity index (χ4v) is 2.45. The molecule has 164 valence electrons. The summed E-state index contributed by atoms with van der Waals surface area (Å²) >= 11 is 0. The lowest BCUT2D eigenvalue weighted by molar-refractivity contribution is 0.0951. The number of amides is 2. The second-order valence-corrected chi connectivity index (χ2v) is 6.35. The van der Waals surface area contributed by atoms with Crippen LogP contribution in [0.25, 0.3) is 11.1 Å². The Hall–Kier alpha value is -2.75. The number of hydrogen-bond donors (Lipinski definition) is 4. The first-order valence-electron chi connectivity index (χ1n) is 8.36. The van der Waals surface area contributed by atoms with Crippen LogP contribution >= 0.6 is 24.8 Å². The van der Waals surface area contributed by atoms with Gasteiger partial charge in [0.05, 0.1) is 0 Å². The molecule has 11 heteroatoms. The second kappa shape index (κ2) is 12.1. The Kier molecular flexibility index (Phi) is 11.0. The van der Waals surface area contributed by atoms with Crippen molar-refractivity contribution in [2.75, 3.05) is 27.2 Å². The monoisotopic (exact) mass is 461 g/mol. The summed E-state index contributed by atoms with van der Waals surface area (Å²) in [6.07, 6.45) is 0. The Morgan fingerprint density at radius 3 is 2.20 bits per heavy atom. The number of nitrogens with two attached hydrogens (primary N) is 1. The number of rotatable bonds is 6. The van der Waals surface area contributed by atoms with Gasteiger partial charge in [-0.3, -0.25) is 20.3 Å². The first kappa shape index (κ1) is 27.2. The van der Waals surface area contributed by atoms with Gasteiger partial charge >= 0.3 is 0 Å². The smallest absolute Gasteiger partial charge is 0.257 e. The lowest BCUT2D eigenvalue weighted by Gasteiger charge is -2.13. The maximum atomic E-state index is 14.2. The molecule has 0 unspecified atom stereocenters. The van der Waals surface area contributed by atoms with E-state index in [1.54, 1.807) is 0 Å². The summed E-state index contributed by atoms with van der Waals surface area (Å²) in [7, 11) is 3.70. The van der Waals surface area contributed by atoms with Crippen LogP contribution in [0.4, 0.5) is 8.78 Å². The molecular formula is C19H23Cl2F2N5O2. The molecule has 30 heavy (non-hydrogen) atoms. The standard InChI is InChI=1S/C19H21F2N5O2.2ClH/c1-26(2)6-5-24-17(27)12-7-11(15-10-14(20)3-4-16(15)21)8-13(9-12)18(28)25-19(22)23;;/h3-4,7-10H,5-6H2,1-2H3,(H,24,27)(H4,22,23,25,28);2*1H. The molecule has 0 aliphatic rings. The molecule has 0 atom stereocenters. The number of likely N-dealkylation sites (N-methyl/N-ethyl adjacent to an activating group) is 1. The third-order valence-corrected chi connectivity index (χ3v) is 3.79. The van der Waals surface area contributed by atoms with Crippen molar-refractivity contribution < 1.29 is 18.4 Å². The van der Waals surface area contributed by atoms with E-state index in [-0.39, 0.29) is 47.1 Å². The first-order chi connectivity index (χ1) is 13.2. The van der Waals surface area contributed by atoms with Crippen LogP contribution in [0.15, 0.2) is 36.4 Å². The molecule has 0 spiro atoms. The van der Waals surface area contributed by atoms with E-state index in [0.717, 1.165) is 18.2 Å². The van der Waals surface area contributed by atoms with Crippen molar-refractivity contribution in [1.82, 2.24) is 15.5 Å². The van der Waals surface area contributed by atoms with Crippen molar-refractivity contribution in [2.24, 2.45) is 5.73 Å². The predicted octanol–water partition coefficient (Wildman–Crippen LogP) is 2.39. The average Bonchev–Trinajstić information content (AvgIpc) is 2.62. The maximum Gasteiger partial charge on any atom is 0.257 e. The molecule has 0 aromatic heterocycles. The van der Waals surface area contributed by atoms with Gasteiger partial charge < -0.3 is 16.0 Å². The molecule has 0 bridgehead atoms. The molecular weight excluding hydrogens is 439 g/mol. The Bertz CT molecular complexity index is 926. The molecule has 2 rings (SSSR count). The third kappa shape index (κ3) is 7.58. The van der Waals surface area contributed by atoms with Gasteiger partial charge in [0.25, 0.3) is 11.8 Å². The molecule has 0 aliphatic heterocycles. The Balaban J connectivity index is 0.00000420. The largest absolute Gasteiger partial charge is 0.370 e. The van der Waals surface area contributed by atoms with E-state index in [9.17, 15) is 18.4 Å². The van der Waals surface area contributed by atoms with Gasteiger partial charge in [0.15, 0.2) is 5.96 Å². The summed E-state index contributed by atoms with van der Waals surface area (Å²) in [4.78, 5) is 26.6. The van der Waals surface area contributed by atoms with Crippen LogP contribution in [0.2, 0.25) is 0 Å². The lowest BCUT2D eigenvalue weighted by Crippen LogP contribution is -2.36. The van der Waals surface area contributed by atoms with Crippen LogP contribution in [0, 0.1) is 17.0 Å². The Morgan fingerprint density at radius 2 is 1.63 bits per heavy atom. The zero-order chi connectivity index (χ0) is 20.8. The molecule has 0 saturated carbocycles. The van der Waals surface area contributed by atoms with Gasteiger partial charge in [-0.25, -0.2) is 8.78 Å². The number of nitrogens with one attached hydrogen (secondary N) is 3. The molecule has 0 radical (unpaired) electrons. The van der Waals surface area contributed by atoms with Crippen LogP contribution in [0.5, 0.6) is 0 Å². The second-order valence-electron chi connectivity index (χ2n) is 6.35. The number of carbonyl (C=O) groups is 2. The number of halogens is 4. The number of guanidine groups is 1. The van der Waals surface area contributed by atoms with E-state index in [4.69, 9.17) is 11.1 Å². The van der Waals surface area contributed by atoms with Crippen molar-refractivity contribution in [3.05, 3.63) is 59.2 Å². The van der Waals surface area contributed by atoms with E-state index in [2.05, 4.69) is 10.6 Å². The van der Waals surface area contributed by atoms with Crippen LogP contribution in [0.3, 0.4) is 0 Å². The van der Waals surface area contributed by atoms with Gasteiger partial charge in [-0.2, -0.15) is 0 Å². The maximum absolute atomic E-state index is 14.2. The summed E-state index contributed by atoms with van der Waals surface area (Å²) in [5, 5.41) is 12.0. The van der Waals surface area contributed by atoms with Crippen molar-refractivity contribution in [3.63, 3.8) is 0 Å². The summed E-state index contributed by atoms with van der Waals surface area (Å²) in [6, 6.07) is 6.87. The van der Waals surface area contributed by atoms with Crippen LogP contribution in [-0.2, 0) is 0 Å². The van der Waals surface area contributed by atoms with Gasteiger partial charge in [0, 0.05) is 29.8 Å². The van der Waals surface area contributed by atoms with Crippen molar-refractivity contribution in [2.45, 2.75) is 0 Å². The lowest BCUT2D eigenvalue weighted by atomic mass is 9.98. The van der Waals surface area contributed by atoms with Gasteiger partial charge in [-0.1, -0.05) is 0 Å². The van der Waals surface area contributed by atoms with Crippen LogP contribution < -0.4 is 16.4 Å². The minimum Gasteiger partial charge on any atom is -0.370 e. The highest BCUT2D eigenvalue weighted by Crippen LogP contribution is 2.26. The highest BCUT2D eigenvalue weighted by molar-refractivity contribution is 6.07. The fourth-order valence-electron chi connectivity index (χ4n) is 2.45. The van der Waals surface area contributed by atoms with Crippen LogP contribution in [-0.4, -0.2) is 49.9 Å². The quantitative estimate of drug-likeness (QED) is 0.390. The predicted molar refractivity (Wildman–Crippen MR) is 117 cm³/mol. The average molecular weight is 462 g/mol. The van der Waals surface area contributed by atoms with E-state index in [1.807, 2.05) is 19.0 Å². The highest BCUT2D eigenvalue weighted by atomic mass is 35.5. The third-order valence-electron chi connectivity index (χ3n) is 3.79. The molecule has 7 nitrogen and oxygen atoms in total. The zero-order valence-electron chi connectivity index (χ0n) is 16.3. The minimum atomic E-state index is -0.742. The molecule has 5 N–H and O–H groups in total. The van der Waals surface area contributed by atoms with Gasteiger partial charge in [-0.05, 0) is 56.1 Å². The summed E-state index contributed by atoms with van der Waals surface area (Å²) in [6.45, 7) is 0.959. The number of nitrogens with zero attached hydrogens (tertiary/aromatic N) is 1. The number of hydrogen-bond acceptors (Lipinski definition) is 4. The first-order valence-corrected chi connectivity index (χ1v) is 8.36. The molecule has 0 saturated heterocycles. The number of carbonyl (C=O) groups excluding carboxylic acids is 2. The van der Waals surface area contributed by atoms with Crippen LogP contribution in [0.1, 0.15) is 20.7 Å².